The number of nitrogens with zero attached hydrogens (tertiary/aromatic N) is 5. The normalized spacial score (nSPS) is 25.2. The lowest BCUT2D eigenvalue weighted by Gasteiger charge is -2.54. The van der Waals surface area contributed by atoms with Crippen molar-refractivity contribution < 1.29 is 18.8 Å². The zero-order chi connectivity index (χ0) is 21.7. The van der Waals surface area contributed by atoms with E-state index in [-0.39, 0.29) is 30.1 Å². The van der Waals surface area contributed by atoms with Gasteiger partial charge in [-0.25, -0.2) is 0 Å². The predicted octanol–water partition coefficient (Wildman–Crippen LogP) is 1.67. The Bertz CT molecular complexity index is 1000. The predicted molar refractivity (Wildman–Crippen MR) is 115 cm³/mol. The summed E-state index contributed by atoms with van der Waals surface area (Å²) in [5.74, 6) is 1.34. The molecule has 2 amide bonds. The van der Waals surface area contributed by atoms with Crippen LogP contribution < -0.4 is 9.80 Å². The van der Waals surface area contributed by atoms with Gasteiger partial charge >= 0.3 is 0 Å². The molecule has 1 atom stereocenters. The average molecular weight is 438 g/mol. The van der Waals surface area contributed by atoms with Crippen LogP contribution in [0.2, 0.25) is 0 Å². The molecule has 5 heterocycles. The quantitative estimate of drug-likeness (QED) is 0.718. The van der Waals surface area contributed by atoms with Crippen molar-refractivity contribution in [3.8, 4) is 0 Å². The van der Waals surface area contributed by atoms with Crippen LogP contribution in [0.4, 0.5) is 11.6 Å². The van der Waals surface area contributed by atoms with Crippen LogP contribution in [0.15, 0.2) is 34.9 Å². The number of carbonyl (C=O) groups is 2. The monoisotopic (exact) mass is 437 g/mol. The third-order valence-electron chi connectivity index (χ3n) is 7.28. The number of likely N-dealkylation sites (tertiary alicyclic amines) is 1. The van der Waals surface area contributed by atoms with Crippen LogP contribution >= 0.6 is 0 Å². The van der Waals surface area contributed by atoms with Crippen molar-refractivity contribution in [3.63, 3.8) is 0 Å². The smallest absolute Gasteiger partial charge is 0.266 e. The zero-order valence-corrected chi connectivity index (χ0v) is 18.0. The Hall–Kier alpha value is -2.94. The van der Waals surface area contributed by atoms with Crippen LogP contribution in [0.1, 0.15) is 31.1 Å². The molecule has 0 saturated carbocycles. The number of para-hydroxylation sites is 1. The van der Waals surface area contributed by atoms with E-state index in [9.17, 15) is 9.59 Å². The van der Waals surface area contributed by atoms with Gasteiger partial charge in [-0.3, -0.25) is 9.59 Å². The van der Waals surface area contributed by atoms with Gasteiger partial charge in [-0.1, -0.05) is 18.2 Å². The Kier molecular flexibility index (Phi) is 4.67. The lowest BCUT2D eigenvalue weighted by Crippen LogP contribution is -2.66. The van der Waals surface area contributed by atoms with Crippen molar-refractivity contribution >= 4 is 23.5 Å². The highest BCUT2D eigenvalue weighted by molar-refractivity contribution is 6.00. The number of ether oxygens (including phenoxy) is 1. The van der Waals surface area contributed by atoms with Crippen LogP contribution in [0.25, 0.3) is 0 Å². The first kappa shape index (κ1) is 19.7. The van der Waals surface area contributed by atoms with Crippen LogP contribution in [0, 0.1) is 11.3 Å². The number of rotatable bonds is 4. The fourth-order valence-electron chi connectivity index (χ4n) is 5.33. The lowest BCUT2D eigenvalue weighted by molar-refractivity contribution is -0.136. The van der Waals surface area contributed by atoms with Gasteiger partial charge in [0.2, 0.25) is 17.7 Å². The highest BCUT2D eigenvalue weighted by Gasteiger charge is 2.50. The highest BCUT2D eigenvalue weighted by Crippen LogP contribution is 2.40. The van der Waals surface area contributed by atoms with Crippen LogP contribution in [-0.4, -0.2) is 72.8 Å². The van der Waals surface area contributed by atoms with Gasteiger partial charge in [0.1, 0.15) is 0 Å². The summed E-state index contributed by atoms with van der Waals surface area (Å²) in [6.45, 7) is 5.28. The summed E-state index contributed by atoms with van der Waals surface area (Å²) < 4.78 is 10.9. The zero-order valence-electron chi connectivity index (χ0n) is 18.0. The van der Waals surface area contributed by atoms with Gasteiger partial charge in [0.05, 0.1) is 24.5 Å². The molecule has 0 aliphatic carbocycles. The first-order valence-corrected chi connectivity index (χ1v) is 11.4. The van der Waals surface area contributed by atoms with Crippen LogP contribution in [0.5, 0.6) is 0 Å². The van der Waals surface area contributed by atoms with E-state index < -0.39 is 0 Å². The van der Waals surface area contributed by atoms with Crippen molar-refractivity contribution in [1.82, 2.24) is 15.0 Å². The topological polar surface area (TPSA) is 92.0 Å². The summed E-state index contributed by atoms with van der Waals surface area (Å²) >= 11 is 0. The van der Waals surface area contributed by atoms with Crippen molar-refractivity contribution in [2.75, 3.05) is 55.7 Å². The number of aromatic nitrogens is 2. The summed E-state index contributed by atoms with van der Waals surface area (Å²) in [7, 11) is 0. The molecule has 9 heteroatoms. The summed E-state index contributed by atoms with van der Waals surface area (Å²) in [5.41, 5.74) is 1.17. The number of hydrogen-bond donors (Lipinski definition) is 0. The minimum Gasteiger partial charge on any atom is -0.380 e. The maximum absolute atomic E-state index is 13.1. The molecule has 9 nitrogen and oxygen atoms in total. The first-order valence-electron chi connectivity index (χ1n) is 11.4. The molecule has 1 unspecified atom stereocenters. The van der Waals surface area contributed by atoms with Crippen LogP contribution in [0.3, 0.4) is 0 Å². The van der Waals surface area contributed by atoms with Crippen LogP contribution in [-0.2, 0) is 14.3 Å². The van der Waals surface area contributed by atoms with Gasteiger partial charge in [0.15, 0.2) is 0 Å². The minimum atomic E-state index is -0.275. The second-order valence-electron chi connectivity index (χ2n) is 9.62. The van der Waals surface area contributed by atoms with E-state index in [1.165, 1.54) is 0 Å². The van der Waals surface area contributed by atoms with Crippen molar-refractivity contribution in [1.29, 1.82) is 0 Å². The van der Waals surface area contributed by atoms with Gasteiger partial charge in [0, 0.05) is 50.7 Å². The highest BCUT2D eigenvalue weighted by atomic mass is 16.5. The summed E-state index contributed by atoms with van der Waals surface area (Å²) in [4.78, 5) is 36.0. The Morgan fingerprint density at radius 2 is 1.84 bits per heavy atom. The Balaban J connectivity index is 1.03. The number of carbonyl (C=O) groups excluding carboxylic acids is 2. The van der Waals surface area contributed by atoms with Crippen molar-refractivity contribution in [3.05, 3.63) is 36.2 Å². The lowest BCUT2D eigenvalue weighted by atomic mass is 9.78. The molecule has 1 aromatic heterocycles. The second-order valence-corrected chi connectivity index (χ2v) is 9.62. The molecule has 1 aromatic carbocycles. The van der Waals surface area contributed by atoms with E-state index in [0.717, 1.165) is 44.8 Å². The van der Waals surface area contributed by atoms with Gasteiger partial charge in [0.25, 0.3) is 5.95 Å². The Labute approximate surface area is 186 Å². The molecule has 2 aromatic rings. The molecule has 0 N–H and O–H groups in total. The average Bonchev–Trinajstić information content (AvgIpc) is 3.39. The number of piperidine rings is 1. The summed E-state index contributed by atoms with van der Waals surface area (Å²) in [5, 5.41) is 4.18. The van der Waals surface area contributed by atoms with Gasteiger partial charge in [-0.15, -0.1) is 0 Å². The number of benzene rings is 1. The largest absolute Gasteiger partial charge is 0.380 e. The first-order chi connectivity index (χ1) is 15.6. The Morgan fingerprint density at radius 1 is 1.09 bits per heavy atom. The van der Waals surface area contributed by atoms with Gasteiger partial charge < -0.3 is 24.0 Å². The number of amides is 2. The third kappa shape index (κ3) is 3.35. The standard InChI is InChI=1S/C23H27N5O4/c29-19-10-17(11-28(19)18-4-2-1-3-5-18)21(30)26-8-6-16(7-9-26)20-24-22(25-32-20)27-12-23(13-27)14-31-15-23/h1-5,16-17H,6-15H2. The van der Waals surface area contributed by atoms with Crippen molar-refractivity contribution in [2.24, 2.45) is 11.3 Å². The molecule has 4 fully saturated rings. The summed E-state index contributed by atoms with van der Waals surface area (Å²) in [6.07, 6.45) is 1.88. The number of hydrogen-bond acceptors (Lipinski definition) is 7. The van der Waals surface area contributed by atoms with Gasteiger partial charge in [-0.05, 0) is 30.1 Å². The third-order valence-corrected chi connectivity index (χ3v) is 7.28. The maximum Gasteiger partial charge on any atom is 0.266 e. The second kappa shape index (κ2) is 7.58. The molecule has 1 spiro atoms. The van der Waals surface area contributed by atoms with E-state index in [4.69, 9.17) is 9.26 Å². The molecule has 4 aliphatic rings. The molecule has 0 radical (unpaired) electrons. The fourth-order valence-corrected chi connectivity index (χ4v) is 5.33. The van der Waals surface area contributed by atoms with E-state index >= 15 is 0 Å². The minimum absolute atomic E-state index is 0.0177. The molecular weight excluding hydrogens is 410 g/mol. The van der Waals surface area contributed by atoms with E-state index in [2.05, 4.69) is 15.0 Å². The molecule has 0 bridgehead atoms. The van der Waals surface area contributed by atoms with Crippen molar-refractivity contribution in [2.45, 2.75) is 25.2 Å². The maximum atomic E-state index is 13.1. The van der Waals surface area contributed by atoms with E-state index in [0.29, 0.717) is 36.9 Å². The van der Waals surface area contributed by atoms with E-state index in [1.54, 1.807) is 4.90 Å². The molecule has 168 valence electrons. The summed E-state index contributed by atoms with van der Waals surface area (Å²) in [6, 6.07) is 9.57. The molecule has 6 rings (SSSR count). The Morgan fingerprint density at radius 3 is 2.53 bits per heavy atom. The molecule has 32 heavy (non-hydrogen) atoms. The van der Waals surface area contributed by atoms with E-state index in [1.807, 2.05) is 35.2 Å². The molecule has 4 aliphatic heterocycles. The van der Waals surface area contributed by atoms with Gasteiger partial charge in [-0.2, -0.15) is 4.98 Å². The fraction of sp³-hybridized carbons (Fsp3) is 0.565. The SMILES string of the molecule is O=C(C1CC(=O)N(c2ccccc2)C1)N1CCC(c2nc(N3CC4(COC4)C3)no2)CC1. The number of anilines is 2. The molecular formula is C23H27N5O4. The molecule has 4 saturated heterocycles.